The molecular formula is C9H12FN. The summed E-state index contributed by atoms with van der Waals surface area (Å²) in [5.74, 6) is -0.196. The van der Waals surface area contributed by atoms with Gasteiger partial charge in [0.15, 0.2) is 0 Å². The Morgan fingerprint density at radius 1 is 1.36 bits per heavy atom. The lowest BCUT2D eigenvalue weighted by atomic mass is 10.1. The van der Waals surface area contributed by atoms with Crippen molar-refractivity contribution in [2.75, 3.05) is 0 Å². The molecule has 0 aliphatic heterocycles. The molecule has 1 atom stereocenters. The van der Waals surface area contributed by atoms with Gasteiger partial charge in [-0.05, 0) is 31.0 Å². The average molecular weight is 153 g/mol. The SMILES string of the molecule is CC(N)Cc1ccc(F)cc1. The summed E-state index contributed by atoms with van der Waals surface area (Å²) in [6.45, 7) is 1.93. The predicted octanol–water partition coefficient (Wildman–Crippen LogP) is 1.72. The highest BCUT2D eigenvalue weighted by atomic mass is 19.1. The van der Waals surface area contributed by atoms with Gasteiger partial charge in [0.1, 0.15) is 5.82 Å². The number of rotatable bonds is 2. The van der Waals surface area contributed by atoms with Gasteiger partial charge in [0, 0.05) is 6.04 Å². The van der Waals surface area contributed by atoms with E-state index in [1.165, 1.54) is 12.1 Å². The third-order valence-corrected chi connectivity index (χ3v) is 1.47. The van der Waals surface area contributed by atoms with Crippen LogP contribution in [0.2, 0.25) is 0 Å². The van der Waals surface area contributed by atoms with Crippen molar-refractivity contribution in [1.82, 2.24) is 0 Å². The van der Waals surface area contributed by atoms with E-state index in [1.807, 2.05) is 6.92 Å². The minimum absolute atomic E-state index is 0.139. The van der Waals surface area contributed by atoms with Crippen molar-refractivity contribution in [2.24, 2.45) is 5.73 Å². The number of halogens is 1. The lowest BCUT2D eigenvalue weighted by Gasteiger charge is -2.03. The molecule has 0 aliphatic rings. The molecule has 0 amide bonds. The third kappa shape index (κ3) is 2.68. The number of hydrogen-bond acceptors (Lipinski definition) is 1. The molecule has 0 radical (unpaired) electrons. The predicted molar refractivity (Wildman–Crippen MR) is 43.8 cm³/mol. The third-order valence-electron chi connectivity index (χ3n) is 1.47. The average Bonchev–Trinajstić information content (AvgIpc) is 1.93. The first kappa shape index (κ1) is 8.21. The van der Waals surface area contributed by atoms with Crippen LogP contribution in [0.4, 0.5) is 4.39 Å². The molecule has 0 aliphatic carbocycles. The second kappa shape index (κ2) is 3.49. The number of nitrogens with two attached hydrogens (primary N) is 1. The molecule has 1 aromatic rings. The first-order valence-electron chi connectivity index (χ1n) is 3.68. The van der Waals surface area contributed by atoms with Crippen molar-refractivity contribution in [1.29, 1.82) is 0 Å². The molecular weight excluding hydrogens is 141 g/mol. The maximum atomic E-state index is 12.4. The summed E-state index contributed by atoms with van der Waals surface area (Å²) in [6.07, 6.45) is 0.806. The number of benzene rings is 1. The number of hydrogen-bond donors (Lipinski definition) is 1. The van der Waals surface area contributed by atoms with Crippen LogP contribution >= 0.6 is 0 Å². The van der Waals surface area contributed by atoms with Crippen molar-refractivity contribution in [2.45, 2.75) is 19.4 Å². The Hall–Kier alpha value is -0.890. The topological polar surface area (TPSA) is 26.0 Å². The Balaban J connectivity index is 2.66. The van der Waals surface area contributed by atoms with Crippen LogP contribution in [0.25, 0.3) is 0 Å². The summed E-state index contributed by atoms with van der Waals surface area (Å²) < 4.78 is 12.4. The summed E-state index contributed by atoms with van der Waals surface area (Å²) in [7, 11) is 0. The highest BCUT2D eigenvalue weighted by molar-refractivity contribution is 5.16. The lowest BCUT2D eigenvalue weighted by molar-refractivity contribution is 0.626. The first-order valence-corrected chi connectivity index (χ1v) is 3.68. The molecule has 1 nitrogen and oxygen atoms in total. The van der Waals surface area contributed by atoms with Gasteiger partial charge in [0.05, 0.1) is 0 Å². The zero-order valence-electron chi connectivity index (χ0n) is 6.55. The highest BCUT2D eigenvalue weighted by Crippen LogP contribution is 2.04. The minimum Gasteiger partial charge on any atom is -0.328 e. The van der Waals surface area contributed by atoms with Gasteiger partial charge in [-0.25, -0.2) is 4.39 Å². The smallest absolute Gasteiger partial charge is 0.123 e. The molecule has 1 unspecified atom stereocenters. The highest BCUT2D eigenvalue weighted by Gasteiger charge is 1.96. The van der Waals surface area contributed by atoms with Crippen LogP contribution in [-0.2, 0) is 6.42 Å². The Kier molecular flexibility index (Phi) is 2.60. The Morgan fingerprint density at radius 3 is 2.36 bits per heavy atom. The van der Waals surface area contributed by atoms with Crippen LogP contribution in [0.5, 0.6) is 0 Å². The van der Waals surface area contributed by atoms with E-state index >= 15 is 0 Å². The fourth-order valence-electron chi connectivity index (χ4n) is 0.992. The Bertz CT molecular complexity index is 216. The van der Waals surface area contributed by atoms with E-state index in [0.717, 1.165) is 12.0 Å². The normalized spacial score (nSPS) is 13.0. The molecule has 1 aromatic carbocycles. The second-order valence-corrected chi connectivity index (χ2v) is 2.81. The van der Waals surface area contributed by atoms with Gasteiger partial charge in [-0.3, -0.25) is 0 Å². The Labute approximate surface area is 66.0 Å². The lowest BCUT2D eigenvalue weighted by Crippen LogP contribution is -2.17. The van der Waals surface area contributed by atoms with Crippen molar-refractivity contribution in [3.63, 3.8) is 0 Å². The van der Waals surface area contributed by atoms with E-state index in [1.54, 1.807) is 12.1 Å². The largest absolute Gasteiger partial charge is 0.328 e. The first-order chi connectivity index (χ1) is 5.18. The molecule has 2 N–H and O–H groups in total. The molecule has 0 saturated heterocycles. The molecule has 0 aromatic heterocycles. The summed E-state index contributed by atoms with van der Waals surface area (Å²) in [5.41, 5.74) is 6.65. The van der Waals surface area contributed by atoms with Gasteiger partial charge in [0.2, 0.25) is 0 Å². The standard InChI is InChI=1S/C9H12FN/c1-7(11)6-8-2-4-9(10)5-3-8/h2-5,7H,6,11H2,1H3. The van der Waals surface area contributed by atoms with Gasteiger partial charge in [-0.15, -0.1) is 0 Å². The van der Waals surface area contributed by atoms with Gasteiger partial charge in [-0.1, -0.05) is 12.1 Å². The second-order valence-electron chi connectivity index (χ2n) is 2.81. The maximum Gasteiger partial charge on any atom is 0.123 e. The zero-order chi connectivity index (χ0) is 8.27. The molecule has 0 saturated carbocycles. The van der Waals surface area contributed by atoms with Crippen molar-refractivity contribution in [3.05, 3.63) is 35.6 Å². The van der Waals surface area contributed by atoms with Crippen LogP contribution in [0.3, 0.4) is 0 Å². The van der Waals surface area contributed by atoms with Crippen molar-refractivity contribution >= 4 is 0 Å². The van der Waals surface area contributed by atoms with Gasteiger partial charge < -0.3 is 5.73 Å². The van der Waals surface area contributed by atoms with E-state index in [2.05, 4.69) is 0 Å². The molecule has 11 heavy (non-hydrogen) atoms. The summed E-state index contributed by atoms with van der Waals surface area (Å²) >= 11 is 0. The van der Waals surface area contributed by atoms with Crippen molar-refractivity contribution in [3.8, 4) is 0 Å². The Morgan fingerprint density at radius 2 is 1.91 bits per heavy atom. The molecule has 2 heteroatoms. The fraction of sp³-hybridized carbons (Fsp3) is 0.333. The van der Waals surface area contributed by atoms with E-state index in [-0.39, 0.29) is 11.9 Å². The van der Waals surface area contributed by atoms with E-state index in [4.69, 9.17) is 5.73 Å². The van der Waals surface area contributed by atoms with E-state index in [0.29, 0.717) is 0 Å². The van der Waals surface area contributed by atoms with Crippen molar-refractivity contribution < 1.29 is 4.39 Å². The summed E-state index contributed by atoms with van der Waals surface area (Å²) in [6, 6.07) is 6.58. The maximum absolute atomic E-state index is 12.4. The molecule has 0 bridgehead atoms. The van der Waals surface area contributed by atoms with E-state index < -0.39 is 0 Å². The fourth-order valence-corrected chi connectivity index (χ4v) is 0.992. The molecule has 1 rings (SSSR count). The molecule has 0 spiro atoms. The monoisotopic (exact) mass is 153 g/mol. The summed E-state index contributed by atoms with van der Waals surface area (Å²) in [5, 5.41) is 0. The minimum atomic E-state index is -0.196. The van der Waals surface area contributed by atoms with Gasteiger partial charge >= 0.3 is 0 Å². The molecule has 0 fully saturated rings. The molecule has 60 valence electrons. The van der Waals surface area contributed by atoms with Crippen LogP contribution in [0.15, 0.2) is 24.3 Å². The van der Waals surface area contributed by atoms with Crippen LogP contribution in [-0.4, -0.2) is 6.04 Å². The van der Waals surface area contributed by atoms with Gasteiger partial charge in [0.25, 0.3) is 0 Å². The molecule has 0 heterocycles. The van der Waals surface area contributed by atoms with Crippen LogP contribution < -0.4 is 5.73 Å². The summed E-state index contributed by atoms with van der Waals surface area (Å²) in [4.78, 5) is 0. The quantitative estimate of drug-likeness (QED) is 0.687. The zero-order valence-corrected chi connectivity index (χ0v) is 6.55. The van der Waals surface area contributed by atoms with Crippen LogP contribution in [0, 0.1) is 5.82 Å². The van der Waals surface area contributed by atoms with E-state index in [9.17, 15) is 4.39 Å². The van der Waals surface area contributed by atoms with Gasteiger partial charge in [-0.2, -0.15) is 0 Å². The van der Waals surface area contributed by atoms with Crippen LogP contribution in [0.1, 0.15) is 12.5 Å².